The molecule has 11 heteroatoms. The Morgan fingerprint density at radius 1 is 1.19 bits per heavy atom. The van der Waals surface area contributed by atoms with E-state index < -0.39 is 21.3 Å². The molecule has 2 rings (SSSR count). The third-order valence-corrected chi connectivity index (χ3v) is 5.87. The van der Waals surface area contributed by atoms with Crippen LogP contribution in [0.3, 0.4) is 0 Å². The summed E-state index contributed by atoms with van der Waals surface area (Å²) < 4.78 is 53.5. The second-order valence-electron chi connectivity index (χ2n) is 6.71. The van der Waals surface area contributed by atoms with Crippen LogP contribution in [0.4, 0.5) is 15.8 Å². The molecule has 8 nitrogen and oxygen atoms in total. The third kappa shape index (κ3) is 6.53. The molecule has 0 fully saturated rings. The number of halogens is 1. The molecule has 3 N–H and O–H groups in total. The summed E-state index contributed by atoms with van der Waals surface area (Å²) in [6.07, 6.45) is -0.0887. The molecule has 2 unspecified atom stereocenters. The number of methoxy groups -OCH3 is 1. The molecule has 2 atom stereocenters. The average Bonchev–Trinajstić information content (AvgIpc) is 2.67. The highest BCUT2D eigenvalue weighted by Gasteiger charge is 2.26. The lowest BCUT2D eigenvalue weighted by atomic mass is 10.1. The van der Waals surface area contributed by atoms with Gasteiger partial charge in [0.15, 0.2) is 0 Å². The van der Waals surface area contributed by atoms with Gasteiger partial charge in [-0.15, -0.1) is 0 Å². The molecule has 1 amide bonds. The number of carbonyl (C=O) groups is 1. The number of sulfonamides is 1. The smallest absolute Gasteiger partial charge is 0.265 e. The van der Waals surface area contributed by atoms with Gasteiger partial charge in [0.05, 0.1) is 26.7 Å². The molecule has 0 saturated heterocycles. The van der Waals surface area contributed by atoms with Crippen LogP contribution in [0.2, 0.25) is 0 Å². The van der Waals surface area contributed by atoms with E-state index in [1.54, 1.807) is 6.92 Å². The first-order valence-corrected chi connectivity index (χ1v) is 11.4. The zero-order valence-electron chi connectivity index (χ0n) is 17.4. The first-order chi connectivity index (χ1) is 14.5. The van der Waals surface area contributed by atoms with Gasteiger partial charge in [0, 0.05) is 23.0 Å². The van der Waals surface area contributed by atoms with Crippen LogP contribution >= 0.6 is 9.24 Å². The zero-order valence-corrected chi connectivity index (χ0v) is 19.4. The molecule has 31 heavy (non-hydrogen) atoms. The Bertz CT molecular complexity index is 1040. The van der Waals surface area contributed by atoms with Crippen molar-refractivity contribution in [3.8, 4) is 11.5 Å². The molecule has 0 heterocycles. The molecule has 0 radical (unpaired) electrons. The fourth-order valence-corrected chi connectivity index (χ4v) is 4.17. The molecule has 2 aromatic rings. The maximum atomic E-state index is 14.5. The van der Waals surface area contributed by atoms with Crippen LogP contribution in [0.5, 0.6) is 11.5 Å². The highest BCUT2D eigenvalue weighted by Crippen LogP contribution is 2.40. The van der Waals surface area contributed by atoms with Crippen LogP contribution in [0.1, 0.15) is 25.8 Å². The van der Waals surface area contributed by atoms with Gasteiger partial charge >= 0.3 is 0 Å². The standard InChI is InChI=1S/C20H26FN2O6PS/c1-4-29-17-12-13(22-19(25)9-10-24)6-8-18(17)31(26,27)23-14-5-7-16(28-3)15(11-14)20(2,21)30/h5-8,11-12,23-24H,4,9-10,30H2,1-3H3,(H,22,25). The van der Waals surface area contributed by atoms with E-state index in [0.29, 0.717) is 5.69 Å². The van der Waals surface area contributed by atoms with Gasteiger partial charge in [-0.05, 0) is 44.2 Å². The topological polar surface area (TPSA) is 114 Å². The van der Waals surface area contributed by atoms with E-state index in [-0.39, 0.29) is 47.3 Å². The van der Waals surface area contributed by atoms with Crippen LogP contribution in [-0.4, -0.2) is 39.8 Å². The minimum absolute atomic E-state index is 0.0342. The molecule has 0 bridgehead atoms. The molecule has 0 aliphatic carbocycles. The number of nitrogens with one attached hydrogen (secondary N) is 2. The lowest BCUT2D eigenvalue weighted by molar-refractivity contribution is -0.116. The highest BCUT2D eigenvalue weighted by molar-refractivity contribution is 7.92. The van der Waals surface area contributed by atoms with Crippen molar-refractivity contribution < 1.29 is 32.2 Å². The summed E-state index contributed by atoms with van der Waals surface area (Å²) in [5, 5.41) is 9.56. The number of alkyl halides is 1. The Labute approximate surface area is 183 Å². The predicted octanol–water partition coefficient (Wildman–Crippen LogP) is 3.23. The van der Waals surface area contributed by atoms with Crippen molar-refractivity contribution in [2.45, 2.75) is 30.6 Å². The monoisotopic (exact) mass is 472 g/mol. The quantitative estimate of drug-likeness (QED) is 0.458. The molecular weight excluding hydrogens is 446 g/mol. The number of anilines is 2. The molecule has 0 spiro atoms. The number of hydrogen-bond donors (Lipinski definition) is 3. The summed E-state index contributed by atoms with van der Waals surface area (Å²) in [4.78, 5) is 11.5. The molecule has 0 saturated carbocycles. The summed E-state index contributed by atoms with van der Waals surface area (Å²) in [6, 6.07) is 8.37. The number of carbonyl (C=O) groups excluding carboxylic acids is 1. The Balaban J connectivity index is 2.40. The predicted molar refractivity (Wildman–Crippen MR) is 120 cm³/mol. The first kappa shape index (κ1) is 24.8. The van der Waals surface area contributed by atoms with Gasteiger partial charge in [-0.25, -0.2) is 12.8 Å². The maximum Gasteiger partial charge on any atom is 0.265 e. The minimum Gasteiger partial charge on any atom is -0.496 e. The fraction of sp³-hybridized carbons (Fsp3) is 0.350. The van der Waals surface area contributed by atoms with Gasteiger partial charge in [-0.1, -0.05) is 9.24 Å². The normalized spacial score (nSPS) is 13.2. The summed E-state index contributed by atoms with van der Waals surface area (Å²) >= 11 is 0. The largest absolute Gasteiger partial charge is 0.496 e. The van der Waals surface area contributed by atoms with E-state index in [1.165, 1.54) is 50.4 Å². The number of benzene rings is 2. The number of hydrogen-bond acceptors (Lipinski definition) is 6. The fourth-order valence-electron chi connectivity index (χ4n) is 2.76. The van der Waals surface area contributed by atoms with Gasteiger partial charge in [0.2, 0.25) is 5.91 Å². The molecule has 170 valence electrons. The number of rotatable bonds is 10. The number of aliphatic hydroxyl groups is 1. The molecule has 0 aliphatic heterocycles. The van der Waals surface area contributed by atoms with E-state index in [1.807, 2.05) is 9.24 Å². The third-order valence-electron chi connectivity index (χ3n) is 4.13. The van der Waals surface area contributed by atoms with Gasteiger partial charge < -0.3 is 19.9 Å². The molecule has 0 aliphatic rings. The molecule has 2 aromatic carbocycles. The number of ether oxygens (including phenoxy) is 2. The summed E-state index contributed by atoms with van der Waals surface area (Å²) in [5.41, 5.74) is 0.626. The van der Waals surface area contributed by atoms with Crippen LogP contribution in [0, 0.1) is 0 Å². The Kier molecular flexibility index (Phi) is 8.22. The second-order valence-corrected chi connectivity index (χ2v) is 9.45. The van der Waals surface area contributed by atoms with Crippen molar-refractivity contribution in [3.05, 3.63) is 42.0 Å². The summed E-state index contributed by atoms with van der Waals surface area (Å²) in [7, 11) is -0.661. The van der Waals surface area contributed by atoms with Crippen molar-refractivity contribution in [3.63, 3.8) is 0 Å². The maximum absolute atomic E-state index is 14.5. The molecule has 0 aromatic heterocycles. The van der Waals surface area contributed by atoms with Gasteiger partial charge in [-0.3, -0.25) is 9.52 Å². The van der Waals surface area contributed by atoms with E-state index in [2.05, 4.69) is 10.0 Å². The van der Waals surface area contributed by atoms with Crippen molar-refractivity contribution >= 4 is 36.5 Å². The van der Waals surface area contributed by atoms with Crippen molar-refractivity contribution in [1.29, 1.82) is 0 Å². The average molecular weight is 472 g/mol. The van der Waals surface area contributed by atoms with Crippen molar-refractivity contribution in [2.24, 2.45) is 0 Å². The lowest BCUT2D eigenvalue weighted by Gasteiger charge is -2.20. The number of amides is 1. The van der Waals surface area contributed by atoms with E-state index >= 15 is 0 Å². The van der Waals surface area contributed by atoms with Gasteiger partial charge in [0.1, 0.15) is 21.8 Å². The van der Waals surface area contributed by atoms with Crippen molar-refractivity contribution in [1.82, 2.24) is 0 Å². The SMILES string of the molecule is CCOc1cc(NC(=O)CCO)ccc1S(=O)(=O)Nc1ccc(OC)c(C(C)(F)P)c1. The van der Waals surface area contributed by atoms with Crippen LogP contribution in [0.25, 0.3) is 0 Å². The summed E-state index contributed by atoms with van der Waals surface area (Å²) in [6.45, 7) is 2.89. The lowest BCUT2D eigenvalue weighted by Crippen LogP contribution is -2.17. The van der Waals surface area contributed by atoms with Gasteiger partial charge in [0.25, 0.3) is 10.0 Å². The first-order valence-electron chi connectivity index (χ1n) is 9.38. The van der Waals surface area contributed by atoms with Crippen LogP contribution in [-0.2, 0) is 20.2 Å². The van der Waals surface area contributed by atoms with E-state index in [9.17, 15) is 17.6 Å². The van der Waals surface area contributed by atoms with Gasteiger partial charge in [-0.2, -0.15) is 0 Å². The Morgan fingerprint density at radius 3 is 2.45 bits per heavy atom. The minimum atomic E-state index is -4.10. The number of aliphatic hydroxyl groups excluding tert-OH is 1. The van der Waals surface area contributed by atoms with E-state index in [4.69, 9.17) is 14.6 Å². The van der Waals surface area contributed by atoms with E-state index in [0.717, 1.165) is 0 Å². The molecular formula is C20H26FN2O6PS. The second kappa shape index (κ2) is 10.3. The Morgan fingerprint density at radius 2 is 1.87 bits per heavy atom. The highest BCUT2D eigenvalue weighted by atomic mass is 32.2. The van der Waals surface area contributed by atoms with Crippen LogP contribution < -0.4 is 19.5 Å². The van der Waals surface area contributed by atoms with Crippen molar-refractivity contribution in [2.75, 3.05) is 30.4 Å². The zero-order chi connectivity index (χ0) is 23.2. The summed E-state index contributed by atoms with van der Waals surface area (Å²) in [5.74, 6) is -0.107. The van der Waals surface area contributed by atoms with Crippen LogP contribution in [0.15, 0.2) is 41.3 Å². The Hall–Kier alpha value is -2.42.